The fourth-order valence-corrected chi connectivity index (χ4v) is 3.30. The minimum absolute atomic E-state index is 0.671. The van der Waals surface area contributed by atoms with Crippen LogP contribution in [-0.4, -0.2) is 21.1 Å². The second-order valence-corrected chi connectivity index (χ2v) is 6.38. The molecule has 0 radical (unpaired) electrons. The molecule has 2 heterocycles. The summed E-state index contributed by atoms with van der Waals surface area (Å²) >= 11 is 5.94. The number of halogens is 1. The minimum Gasteiger partial charge on any atom is -0.353 e. The second-order valence-electron chi connectivity index (χ2n) is 5.94. The van der Waals surface area contributed by atoms with Gasteiger partial charge >= 0.3 is 0 Å². The first-order valence-electron chi connectivity index (χ1n) is 7.46. The lowest BCUT2D eigenvalue weighted by Gasteiger charge is -2.26. The molecule has 4 nitrogen and oxygen atoms in total. The van der Waals surface area contributed by atoms with Gasteiger partial charge in [0.25, 0.3) is 0 Å². The number of nitrogens with one attached hydrogen (secondary N) is 1. The molecular weight excluding hydrogens is 272 g/mol. The van der Waals surface area contributed by atoms with E-state index >= 15 is 0 Å². The van der Waals surface area contributed by atoms with E-state index in [1.165, 1.54) is 32.1 Å². The zero-order valence-corrected chi connectivity index (χ0v) is 12.6. The predicted molar refractivity (Wildman–Crippen MR) is 82.2 cm³/mol. The molecule has 2 aromatic heterocycles. The first kappa shape index (κ1) is 13.7. The number of nitrogens with zero attached hydrogens (tertiary/aromatic N) is 3. The molecule has 1 fully saturated rings. The molecule has 0 saturated heterocycles. The van der Waals surface area contributed by atoms with Crippen LogP contribution in [0.2, 0.25) is 5.02 Å². The topological polar surface area (TPSA) is 42.2 Å². The van der Waals surface area contributed by atoms with Crippen molar-refractivity contribution in [3.63, 3.8) is 0 Å². The van der Waals surface area contributed by atoms with Gasteiger partial charge in [0, 0.05) is 12.7 Å². The van der Waals surface area contributed by atoms with E-state index in [4.69, 9.17) is 11.6 Å². The van der Waals surface area contributed by atoms with Gasteiger partial charge < -0.3 is 5.32 Å². The van der Waals surface area contributed by atoms with Gasteiger partial charge in [0.1, 0.15) is 0 Å². The van der Waals surface area contributed by atoms with Crippen LogP contribution in [0, 0.1) is 11.8 Å². The molecule has 0 aromatic carbocycles. The van der Waals surface area contributed by atoms with Gasteiger partial charge in [-0.05, 0) is 36.8 Å². The first-order valence-corrected chi connectivity index (χ1v) is 7.84. The normalized spacial score (nSPS) is 23.1. The van der Waals surface area contributed by atoms with Crippen LogP contribution in [0.4, 0.5) is 5.95 Å². The second kappa shape index (κ2) is 6.00. The van der Waals surface area contributed by atoms with E-state index in [0.29, 0.717) is 11.0 Å². The quantitative estimate of drug-likeness (QED) is 0.926. The lowest BCUT2D eigenvalue weighted by atomic mass is 9.81. The average molecular weight is 293 g/mol. The number of aromatic nitrogens is 3. The van der Waals surface area contributed by atoms with E-state index in [1.807, 2.05) is 12.1 Å². The number of fused-ring (bicyclic) bond motifs is 1. The van der Waals surface area contributed by atoms with Crippen LogP contribution < -0.4 is 5.32 Å². The van der Waals surface area contributed by atoms with Crippen molar-refractivity contribution in [1.82, 2.24) is 14.6 Å². The van der Waals surface area contributed by atoms with Crippen molar-refractivity contribution in [3.05, 3.63) is 23.4 Å². The summed E-state index contributed by atoms with van der Waals surface area (Å²) in [5.74, 6) is 2.44. The molecule has 1 saturated carbocycles. The third-order valence-corrected chi connectivity index (χ3v) is 4.40. The Balaban J connectivity index is 1.54. The van der Waals surface area contributed by atoms with Crippen molar-refractivity contribution < 1.29 is 0 Å². The van der Waals surface area contributed by atoms with Crippen molar-refractivity contribution in [1.29, 1.82) is 0 Å². The Labute approximate surface area is 124 Å². The van der Waals surface area contributed by atoms with E-state index in [1.54, 1.807) is 10.7 Å². The Morgan fingerprint density at radius 2 is 2.30 bits per heavy atom. The molecule has 20 heavy (non-hydrogen) atoms. The monoisotopic (exact) mass is 292 g/mol. The molecule has 0 aliphatic heterocycles. The molecule has 3 rings (SSSR count). The minimum atomic E-state index is 0.671. The molecule has 1 aliphatic rings. The molecule has 2 atom stereocenters. The van der Waals surface area contributed by atoms with Crippen LogP contribution in [-0.2, 0) is 0 Å². The maximum atomic E-state index is 5.94. The van der Waals surface area contributed by atoms with E-state index in [9.17, 15) is 0 Å². The van der Waals surface area contributed by atoms with Gasteiger partial charge in [0.05, 0.1) is 5.02 Å². The van der Waals surface area contributed by atoms with Gasteiger partial charge in [-0.15, -0.1) is 5.10 Å². The Kier molecular flexibility index (Phi) is 4.10. The summed E-state index contributed by atoms with van der Waals surface area (Å²) in [5.41, 5.74) is 0.822. The highest BCUT2D eigenvalue weighted by molar-refractivity contribution is 6.30. The molecule has 0 spiro atoms. The van der Waals surface area contributed by atoms with Crippen molar-refractivity contribution in [2.24, 2.45) is 11.8 Å². The summed E-state index contributed by atoms with van der Waals surface area (Å²) < 4.78 is 1.72. The highest BCUT2D eigenvalue weighted by Crippen LogP contribution is 2.30. The first-order chi connectivity index (χ1) is 9.70. The van der Waals surface area contributed by atoms with Gasteiger partial charge in [-0.1, -0.05) is 37.8 Å². The van der Waals surface area contributed by atoms with Crippen LogP contribution >= 0.6 is 11.6 Å². The van der Waals surface area contributed by atoms with Crippen LogP contribution in [0.5, 0.6) is 0 Å². The summed E-state index contributed by atoms with van der Waals surface area (Å²) in [6.07, 6.45) is 8.52. The smallest absolute Gasteiger partial charge is 0.243 e. The molecule has 5 heteroatoms. The van der Waals surface area contributed by atoms with Gasteiger partial charge in [-0.2, -0.15) is 4.98 Å². The van der Waals surface area contributed by atoms with Crippen LogP contribution in [0.3, 0.4) is 0 Å². The van der Waals surface area contributed by atoms with Gasteiger partial charge in [0.2, 0.25) is 5.95 Å². The highest BCUT2D eigenvalue weighted by Gasteiger charge is 2.18. The number of hydrogen-bond donors (Lipinski definition) is 1. The van der Waals surface area contributed by atoms with E-state index < -0.39 is 0 Å². The molecule has 2 aromatic rings. The molecule has 108 valence electrons. The number of hydrogen-bond acceptors (Lipinski definition) is 3. The fraction of sp³-hybridized carbons (Fsp3) is 0.600. The number of rotatable bonds is 4. The van der Waals surface area contributed by atoms with Crippen LogP contribution in [0.15, 0.2) is 18.3 Å². The third kappa shape index (κ3) is 3.23. The van der Waals surface area contributed by atoms with Gasteiger partial charge in [0.15, 0.2) is 5.65 Å². The summed E-state index contributed by atoms with van der Waals surface area (Å²) in [5, 5.41) is 8.38. The van der Waals surface area contributed by atoms with Crippen molar-refractivity contribution >= 4 is 23.2 Å². The van der Waals surface area contributed by atoms with Crippen molar-refractivity contribution in [3.8, 4) is 0 Å². The summed E-state index contributed by atoms with van der Waals surface area (Å²) in [7, 11) is 0. The Morgan fingerprint density at radius 3 is 3.15 bits per heavy atom. The maximum Gasteiger partial charge on any atom is 0.243 e. The summed E-state index contributed by atoms with van der Waals surface area (Å²) in [6, 6.07) is 3.71. The molecule has 0 amide bonds. The van der Waals surface area contributed by atoms with E-state index in [0.717, 1.165) is 24.0 Å². The number of anilines is 1. The molecule has 0 bridgehead atoms. The van der Waals surface area contributed by atoms with Crippen molar-refractivity contribution in [2.75, 3.05) is 11.9 Å². The van der Waals surface area contributed by atoms with Crippen LogP contribution in [0.1, 0.15) is 39.0 Å². The lowest BCUT2D eigenvalue weighted by molar-refractivity contribution is 0.274. The Morgan fingerprint density at radius 1 is 1.40 bits per heavy atom. The zero-order valence-electron chi connectivity index (χ0n) is 11.8. The highest BCUT2D eigenvalue weighted by atomic mass is 35.5. The standard InChI is InChI=1S/C15H21ClN4/c1-11-3-2-4-12(9-11)7-8-17-15-18-14-6-5-13(16)10-20(14)19-15/h5-6,10-12H,2-4,7-9H2,1H3,(H,17,19). The maximum absolute atomic E-state index is 5.94. The average Bonchev–Trinajstić information content (AvgIpc) is 2.80. The molecule has 1 aliphatic carbocycles. The number of pyridine rings is 1. The fourth-order valence-electron chi connectivity index (χ4n) is 3.14. The zero-order chi connectivity index (χ0) is 13.9. The molecular formula is C15H21ClN4. The summed E-state index contributed by atoms with van der Waals surface area (Å²) in [6.45, 7) is 3.31. The largest absolute Gasteiger partial charge is 0.353 e. The SMILES string of the molecule is CC1CCCC(CCNc2nc3ccc(Cl)cn3n2)C1. The van der Waals surface area contributed by atoms with Gasteiger partial charge in [-0.25, -0.2) is 4.52 Å². The van der Waals surface area contributed by atoms with E-state index in [-0.39, 0.29) is 0 Å². The lowest BCUT2D eigenvalue weighted by Crippen LogP contribution is -2.16. The third-order valence-electron chi connectivity index (χ3n) is 4.18. The van der Waals surface area contributed by atoms with Crippen molar-refractivity contribution in [2.45, 2.75) is 39.0 Å². The summed E-state index contributed by atoms with van der Waals surface area (Å²) in [4.78, 5) is 4.43. The van der Waals surface area contributed by atoms with Gasteiger partial charge in [-0.3, -0.25) is 0 Å². The molecule has 1 N–H and O–H groups in total. The van der Waals surface area contributed by atoms with Crippen LogP contribution in [0.25, 0.3) is 5.65 Å². The molecule has 2 unspecified atom stereocenters. The van der Waals surface area contributed by atoms with E-state index in [2.05, 4.69) is 22.3 Å². The predicted octanol–water partition coefficient (Wildman–Crippen LogP) is 4.01. The Hall–Kier alpha value is -1.29. The Bertz CT molecular complexity index is 580.